The largest absolute Gasteiger partial charge is 0.372 e. The first-order chi connectivity index (χ1) is 12.1. The second kappa shape index (κ2) is 8.52. The second-order valence-electron chi connectivity index (χ2n) is 7.71. The van der Waals surface area contributed by atoms with Crippen molar-refractivity contribution >= 4 is 17.3 Å². The van der Waals surface area contributed by atoms with E-state index in [0.717, 1.165) is 44.0 Å². The van der Waals surface area contributed by atoms with Crippen LogP contribution in [0.4, 0.5) is 11.4 Å². The highest BCUT2D eigenvalue weighted by molar-refractivity contribution is 5.92. The molecule has 1 aromatic carbocycles. The Kier molecular flexibility index (Phi) is 6.14. The van der Waals surface area contributed by atoms with E-state index in [2.05, 4.69) is 53.5 Å². The lowest BCUT2D eigenvalue weighted by Crippen LogP contribution is -2.37. The number of benzene rings is 1. The number of anilines is 2. The van der Waals surface area contributed by atoms with E-state index in [-0.39, 0.29) is 11.8 Å². The number of rotatable bonds is 5. The number of nitrogens with one attached hydrogen (secondary N) is 1. The zero-order valence-electron chi connectivity index (χ0n) is 15.6. The first kappa shape index (κ1) is 18.0. The number of allylic oxidation sites excluding steroid dienone is 2. The van der Waals surface area contributed by atoms with Gasteiger partial charge in [-0.05, 0) is 76.4 Å². The molecule has 1 saturated heterocycles. The molecule has 0 aromatic heterocycles. The number of nitrogens with zero attached hydrogens (tertiary/aromatic N) is 2. The molecule has 2 aliphatic rings. The Hall–Kier alpha value is -1.81. The lowest BCUT2D eigenvalue weighted by atomic mass is 9.93. The summed E-state index contributed by atoms with van der Waals surface area (Å²) in [5.74, 6) is 1.09. The molecular weight excluding hydrogens is 310 g/mol. The van der Waals surface area contributed by atoms with E-state index >= 15 is 0 Å². The number of hydrogen-bond donors (Lipinski definition) is 1. The third-order valence-corrected chi connectivity index (χ3v) is 5.38. The van der Waals surface area contributed by atoms with Crippen LogP contribution in [0.2, 0.25) is 0 Å². The zero-order valence-corrected chi connectivity index (χ0v) is 15.6. The highest BCUT2D eigenvalue weighted by atomic mass is 16.1. The number of piperidine rings is 1. The van der Waals surface area contributed by atoms with Gasteiger partial charge in [0, 0.05) is 36.9 Å². The molecule has 1 heterocycles. The third kappa shape index (κ3) is 5.08. The SMILES string of the molecule is CN(C)CC1CCN(c2ccc(NC(=O)[C@H]3CC=CCC3)cc2)CC1. The van der Waals surface area contributed by atoms with Gasteiger partial charge in [-0.3, -0.25) is 4.79 Å². The molecule has 1 N–H and O–H groups in total. The average molecular weight is 341 g/mol. The van der Waals surface area contributed by atoms with E-state index in [1.165, 1.54) is 25.1 Å². The average Bonchev–Trinajstić information content (AvgIpc) is 2.63. The summed E-state index contributed by atoms with van der Waals surface area (Å²) < 4.78 is 0. The van der Waals surface area contributed by atoms with E-state index in [9.17, 15) is 4.79 Å². The van der Waals surface area contributed by atoms with Crippen LogP contribution < -0.4 is 10.2 Å². The monoisotopic (exact) mass is 341 g/mol. The van der Waals surface area contributed by atoms with Crippen LogP contribution in [-0.2, 0) is 4.79 Å². The molecule has 0 radical (unpaired) electrons. The van der Waals surface area contributed by atoms with Crippen molar-refractivity contribution in [3.8, 4) is 0 Å². The molecule has 1 atom stereocenters. The first-order valence-corrected chi connectivity index (χ1v) is 9.57. The van der Waals surface area contributed by atoms with Crippen LogP contribution >= 0.6 is 0 Å². The van der Waals surface area contributed by atoms with Crippen molar-refractivity contribution in [2.45, 2.75) is 32.1 Å². The van der Waals surface area contributed by atoms with Crippen molar-refractivity contribution in [2.24, 2.45) is 11.8 Å². The summed E-state index contributed by atoms with van der Waals surface area (Å²) in [6.07, 6.45) is 9.64. The van der Waals surface area contributed by atoms with Crippen LogP contribution in [0.3, 0.4) is 0 Å². The quantitative estimate of drug-likeness (QED) is 0.828. The number of amides is 1. The molecular formula is C21H31N3O. The summed E-state index contributed by atoms with van der Waals surface area (Å²) in [7, 11) is 4.31. The molecule has 1 aliphatic heterocycles. The summed E-state index contributed by atoms with van der Waals surface area (Å²) in [5.41, 5.74) is 2.17. The fourth-order valence-corrected chi connectivity index (χ4v) is 3.92. The van der Waals surface area contributed by atoms with Gasteiger partial charge in [-0.1, -0.05) is 12.2 Å². The molecule has 1 amide bonds. The van der Waals surface area contributed by atoms with E-state index in [1.807, 2.05) is 12.1 Å². The minimum absolute atomic E-state index is 0.125. The van der Waals surface area contributed by atoms with E-state index in [4.69, 9.17) is 0 Å². The van der Waals surface area contributed by atoms with Gasteiger partial charge in [-0.25, -0.2) is 0 Å². The van der Waals surface area contributed by atoms with Crippen LogP contribution in [0.25, 0.3) is 0 Å². The van der Waals surface area contributed by atoms with Crippen molar-refractivity contribution in [1.29, 1.82) is 0 Å². The Morgan fingerprint density at radius 1 is 1.12 bits per heavy atom. The molecule has 0 bridgehead atoms. The Morgan fingerprint density at radius 2 is 1.84 bits per heavy atom. The summed E-state index contributed by atoms with van der Waals surface area (Å²) in [5, 5.41) is 3.07. The van der Waals surface area contributed by atoms with Crippen LogP contribution in [0, 0.1) is 11.8 Å². The van der Waals surface area contributed by atoms with Crippen LogP contribution in [0.1, 0.15) is 32.1 Å². The van der Waals surface area contributed by atoms with Crippen molar-refractivity contribution in [3.05, 3.63) is 36.4 Å². The van der Waals surface area contributed by atoms with Crippen molar-refractivity contribution in [2.75, 3.05) is 43.9 Å². The minimum atomic E-state index is 0.125. The van der Waals surface area contributed by atoms with Gasteiger partial charge in [0.05, 0.1) is 0 Å². The summed E-state index contributed by atoms with van der Waals surface area (Å²) >= 11 is 0. The third-order valence-electron chi connectivity index (χ3n) is 5.38. The highest BCUT2D eigenvalue weighted by Gasteiger charge is 2.21. The number of carbonyl (C=O) groups excluding carboxylic acids is 1. The maximum absolute atomic E-state index is 12.3. The van der Waals surface area contributed by atoms with Gasteiger partial charge in [0.1, 0.15) is 0 Å². The smallest absolute Gasteiger partial charge is 0.227 e. The predicted molar refractivity (Wildman–Crippen MR) is 105 cm³/mol. The molecule has 0 unspecified atom stereocenters. The Morgan fingerprint density at radius 3 is 2.44 bits per heavy atom. The predicted octanol–water partition coefficient (Wildman–Crippen LogP) is 3.76. The van der Waals surface area contributed by atoms with Crippen LogP contribution in [-0.4, -0.2) is 44.5 Å². The molecule has 1 fully saturated rings. The highest BCUT2D eigenvalue weighted by Crippen LogP contribution is 2.26. The van der Waals surface area contributed by atoms with E-state index < -0.39 is 0 Å². The molecule has 3 rings (SSSR count). The van der Waals surface area contributed by atoms with Gasteiger partial charge < -0.3 is 15.1 Å². The maximum Gasteiger partial charge on any atom is 0.227 e. The fraction of sp³-hybridized carbons (Fsp3) is 0.571. The minimum Gasteiger partial charge on any atom is -0.372 e. The maximum atomic E-state index is 12.3. The number of hydrogen-bond acceptors (Lipinski definition) is 3. The van der Waals surface area contributed by atoms with Gasteiger partial charge >= 0.3 is 0 Å². The Labute approximate surface area is 151 Å². The summed E-state index contributed by atoms with van der Waals surface area (Å²) in [6.45, 7) is 3.44. The topological polar surface area (TPSA) is 35.6 Å². The number of carbonyl (C=O) groups is 1. The molecule has 1 aliphatic carbocycles. The lowest BCUT2D eigenvalue weighted by molar-refractivity contribution is -0.120. The first-order valence-electron chi connectivity index (χ1n) is 9.57. The van der Waals surface area contributed by atoms with Gasteiger partial charge in [-0.15, -0.1) is 0 Å². The molecule has 136 valence electrons. The second-order valence-corrected chi connectivity index (χ2v) is 7.71. The molecule has 0 spiro atoms. The van der Waals surface area contributed by atoms with Gasteiger partial charge in [0.2, 0.25) is 5.91 Å². The van der Waals surface area contributed by atoms with E-state index in [1.54, 1.807) is 0 Å². The molecule has 4 nitrogen and oxygen atoms in total. The van der Waals surface area contributed by atoms with E-state index in [0.29, 0.717) is 0 Å². The standard InChI is InChI=1S/C21H31N3O/c1-23(2)16-17-12-14-24(15-13-17)20-10-8-19(9-11-20)22-21(25)18-6-4-3-5-7-18/h3-4,8-11,17-18H,5-7,12-16H2,1-2H3,(H,22,25)/t18-/m0/s1. The molecule has 4 heteroatoms. The Bertz CT molecular complexity index is 586. The van der Waals surface area contributed by atoms with Crippen LogP contribution in [0.5, 0.6) is 0 Å². The molecule has 1 aromatic rings. The van der Waals surface area contributed by atoms with Crippen molar-refractivity contribution in [3.63, 3.8) is 0 Å². The van der Waals surface area contributed by atoms with Crippen LogP contribution in [0.15, 0.2) is 36.4 Å². The van der Waals surface area contributed by atoms with Crippen molar-refractivity contribution in [1.82, 2.24) is 4.90 Å². The van der Waals surface area contributed by atoms with Gasteiger partial charge in [0.25, 0.3) is 0 Å². The molecule has 25 heavy (non-hydrogen) atoms. The molecule has 0 saturated carbocycles. The van der Waals surface area contributed by atoms with Gasteiger partial charge in [-0.2, -0.15) is 0 Å². The normalized spacial score (nSPS) is 21.6. The zero-order chi connectivity index (χ0) is 17.6. The Balaban J connectivity index is 1.50. The lowest BCUT2D eigenvalue weighted by Gasteiger charge is -2.34. The summed E-state index contributed by atoms with van der Waals surface area (Å²) in [4.78, 5) is 17.1. The van der Waals surface area contributed by atoms with Gasteiger partial charge in [0.15, 0.2) is 0 Å². The van der Waals surface area contributed by atoms with Crippen molar-refractivity contribution < 1.29 is 4.79 Å². The fourth-order valence-electron chi connectivity index (χ4n) is 3.92. The summed E-state index contributed by atoms with van der Waals surface area (Å²) in [6, 6.07) is 8.36.